The maximum Gasteiger partial charge on any atom is 0.194 e. The lowest BCUT2D eigenvalue weighted by atomic mass is 10.4. The second-order valence-corrected chi connectivity index (χ2v) is 6.56. The van der Waals surface area contributed by atoms with Crippen molar-refractivity contribution in [2.45, 2.75) is 20.0 Å². The van der Waals surface area contributed by atoms with Crippen molar-refractivity contribution in [2.75, 3.05) is 13.6 Å². The Morgan fingerprint density at radius 3 is 2.75 bits per heavy atom. The molecule has 2 aromatic rings. The van der Waals surface area contributed by atoms with E-state index in [9.17, 15) is 0 Å². The van der Waals surface area contributed by atoms with Crippen molar-refractivity contribution in [1.29, 1.82) is 0 Å². The number of nitrogens with one attached hydrogen (secondary N) is 1. The zero-order valence-electron chi connectivity index (χ0n) is 14.6. The Labute approximate surface area is 151 Å². The van der Waals surface area contributed by atoms with Crippen LogP contribution in [0.2, 0.25) is 0 Å². The van der Waals surface area contributed by atoms with Gasteiger partial charge in [-0.1, -0.05) is 6.08 Å². The Bertz CT molecular complexity index is 729. The van der Waals surface area contributed by atoms with E-state index in [2.05, 4.69) is 58.5 Å². The number of aryl methyl sites for hydroxylation is 2. The molecule has 8 heteroatoms. The predicted octanol–water partition coefficient (Wildman–Crippen LogP) is 1.99. The van der Waals surface area contributed by atoms with Crippen LogP contribution in [0.15, 0.2) is 34.4 Å². The number of aromatic nitrogens is 4. The maximum absolute atomic E-state index is 4.68. The van der Waals surface area contributed by atoms with Crippen LogP contribution in [0.5, 0.6) is 0 Å². The van der Waals surface area contributed by atoms with Crippen molar-refractivity contribution >= 4 is 21.9 Å². The minimum Gasteiger partial charge on any atom is -0.353 e. The average molecular weight is 394 g/mol. The van der Waals surface area contributed by atoms with E-state index in [1.54, 1.807) is 0 Å². The molecular weight excluding hydrogens is 370 g/mol. The molecule has 1 N–H and O–H groups in total. The van der Waals surface area contributed by atoms with Crippen molar-refractivity contribution in [3.63, 3.8) is 0 Å². The molecule has 7 nitrogen and oxygen atoms in total. The lowest BCUT2D eigenvalue weighted by Crippen LogP contribution is -2.39. The van der Waals surface area contributed by atoms with Gasteiger partial charge in [0.25, 0.3) is 0 Å². The highest BCUT2D eigenvalue weighted by atomic mass is 79.9. The smallest absolute Gasteiger partial charge is 0.194 e. The van der Waals surface area contributed by atoms with Crippen LogP contribution in [0.4, 0.5) is 0 Å². The summed E-state index contributed by atoms with van der Waals surface area (Å²) in [6.45, 7) is 7.54. The van der Waals surface area contributed by atoms with Gasteiger partial charge in [-0.25, -0.2) is 4.99 Å². The Morgan fingerprint density at radius 1 is 1.46 bits per heavy atom. The predicted molar refractivity (Wildman–Crippen MR) is 99.7 cm³/mol. The summed E-state index contributed by atoms with van der Waals surface area (Å²) in [4.78, 5) is 6.76. The number of guanidine groups is 1. The van der Waals surface area contributed by atoms with E-state index < -0.39 is 0 Å². The molecule has 0 aliphatic rings. The van der Waals surface area contributed by atoms with E-state index in [4.69, 9.17) is 0 Å². The molecule has 0 saturated carbocycles. The molecule has 0 atom stereocenters. The van der Waals surface area contributed by atoms with Gasteiger partial charge in [-0.3, -0.25) is 0 Å². The summed E-state index contributed by atoms with van der Waals surface area (Å²) >= 11 is 3.51. The largest absolute Gasteiger partial charge is 0.353 e. The fourth-order valence-corrected chi connectivity index (χ4v) is 2.82. The second kappa shape index (κ2) is 8.14. The number of rotatable bonds is 6. The summed E-state index contributed by atoms with van der Waals surface area (Å²) in [5.74, 6) is 2.51. The number of aliphatic imine (C=N–C) groups is 1. The highest BCUT2D eigenvalue weighted by Crippen LogP contribution is 2.15. The van der Waals surface area contributed by atoms with Crippen LogP contribution in [0.25, 0.3) is 0 Å². The Kier molecular flexibility index (Phi) is 6.19. The fraction of sp³-hybridized carbons (Fsp3) is 0.438. The molecule has 0 fully saturated rings. The van der Waals surface area contributed by atoms with Gasteiger partial charge in [-0.05, 0) is 28.9 Å². The van der Waals surface area contributed by atoms with E-state index in [0.29, 0.717) is 13.1 Å². The summed E-state index contributed by atoms with van der Waals surface area (Å²) in [7, 11) is 5.99. The SMILES string of the molecule is C=CCNC(=NCc1nnc(C)n1C)N(C)Cc1cc(Br)cn1C. The number of hydrogen-bond donors (Lipinski definition) is 1. The highest BCUT2D eigenvalue weighted by Gasteiger charge is 2.11. The van der Waals surface area contributed by atoms with Gasteiger partial charge >= 0.3 is 0 Å². The molecule has 0 spiro atoms. The van der Waals surface area contributed by atoms with Crippen LogP contribution >= 0.6 is 15.9 Å². The van der Waals surface area contributed by atoms with Crippen molar-refractivity contribution in [2.24, 2.45) is 19.1 Å². The minimum absolute atomic E-state index is 0.470. The molecule has 0 radical (unpaired) electrons. The van der Waals surface area contributed by atoms with E-state index in [1.165, 1.54) is 5.69 Å². The summed E-state index contributed by atoms with van der Waals surface area (Å²) in [6.07, 6.45) is 3.86. The molecule has 0 bridgehead atoms. The molecule has 2 aromatic heterocycles. The molecule has 2 heterocycles. The van der Waals surface area contributed by atoms with Crippen molar-refractivity contribution in [1.82, 2.24) is 29.5 Å². The summed E-state index contributed by atoms with van der Waals surface area (Å²) < 4.78 is 5.11. The lowest BCUT2D eigenvalue weighted by Gasteiger charge is -2.22. The first-order chi connectivity index (χ1) is 11.4. The van der Waals surface area contributed by atoms with E-state index >= 15 is 0 Å². The molecule has 0 amide bonds. The first-order valence-electron chi connectivity index (χ1n) is 7.68. The topological polar surface area (TPSA) is 63.3 Å². The minimum atomic E-state index is 0.470. The highest BCUT2D eigenvalue weighted by molar-refractivity contribution is 9.10. The van der Waals surface area contributed by atoms with Crippen LogP contribution < -0.4 is 5.32 Å². The quantitative estimate of drug-likeness (QED) is 0.463. The third-order valence-corrected chi connectivity index (χ3v) is 4.23. The average Bonchev–Trinajstić information content (AvgIpc) is 3.02. The van der Waals surface area contributed by atoms with Crippen LogP contribution in [-0.2, 0) is 27.2 Å². The van der Waals surface area contributed by atoms with Gasteiger partial charge in [-0.15, -0.1) is 16.8 Å². The Morgan fingerprint density at radius 2 is 2.21 bits per heavy atom. The van der Waals surface area contributed by atoms with Crippen molar-refractivity contribution in [3.05, 3.63) is 46.7 Å². The summed E-state index contributed by atoms with van der Waals surface area (Å²) in [6, 6.07) is 2.10. The fourth-order valence-electron chi connectivity index (χ4n) is 2.25. The van der Waals surface area contributed by atoms with Crippen molar-refractivity contribution in [3.8, 4) is 0 Å². The Hall–Kier alpha value is -2.09. The van der Waals surface area contributed by atoms with Gasteiger partial charge in [0, 0.05) is 44.1 Å². The van der Waals surface area contributed by atoms with Crippen LogP contribution in [-0.4, -0.2) is 43.8 Å². The van der Waals surface area contributed by atoms with Gasteiger partial charge < -0.3 is 19.4 Å². The van der Waals surface area contributed by atoms with E-state index in [1.807, 2.05) is 44.9 Å². The molecule has 0 aliphatic carbocycles. The van der Waals surface area contributed by atoms with Crippen molar-refractivity contribution < 1.29 is 0 Å². The molecule has 0 aliphatic heterocycles. The number of halogens is 1. The lowest BCUT2D eigenvalue weighted by molar-refractivity contribution is 0.462. The van der Waals surface area contributed by atoms with E-state index in [0.717, 1.165) is 28.6 Å². The Balaban J connectivity index is 2.13. The summed E-state index contributed by atoms with van der Waals surface area (Å²) in [5, 5.41) is 11.5. The molecule has 0 unspecified atom stereocenters. The van der Waals surface area contributed by atoms with E-state index in [-0.39, 0.29) is 0 Å². The number of nitrogens with zero attached hydrogens (tertiary/aromatic N) is 6. The molecular formula is C16H24BrN7. The molecule has 0 saturated heterocycles. The van der Waals surface area contributed by atoms with Crippen LogP contribution in [0.1, 0.15) is 17.3 Å². The monoisotopic (exact) mass is 393 g/mol. The first-order valence-corrected chi connectivity index (χ1v) is 8.47. The second-order valence-electron chi connectivity index (χ2n) is 5.65. The van der Waals surface area contributed by atoms with Gasteiger partial charge in [-0.2, -0.15) is 0 Å². The van der Waals surface area contributed by atoms with Gasteiger partial charge in [0.1, 0.15) is 12.4 Å². The van der Waals surface area contributed by atoms with Gasteiger partial charge in [0.2, 0.25) is 0 Å². The number of hydrogen-bond acceptors (Lipinski definition) is 3. The standard InChI is InChI=1S/C16H24BrN7/c1-6-7-18-16(19-9-15-21-20-12(2)24(15)5)23(4)11-14-8-13(17)10-22(14)3/h6,8,10H,1,7,9,11H2,2-5H3,(H,18,19). The normalized spacial score (nSPS) is 11.6. The van der Waals surface area contributed by atoms with Crippen LogP contribution in [0, 0.1) is 6.92 Å². The third-order valence-electron chi connectivity index (χ3n) is 3.79. The molecule has 130 valence electrons. The van der Waals surface area contributed by atoms with Gasteiger partial charge in [0.05, 0.1) is 6.54 Å². The molecule has 24 heavy (non-hydrogen) atoms. The summed E-state index contributed by atoms with van der Waals surface area (Å²) in [5.41, 5.74) is 1.19. The molecule has 2 rings (SSSR count). The van der Waals surface area contributed by atoms with Crippen LogP contribution in [0.3, 0.4) is 0 Å². The zero-order chi connectivity index (χ0) is 17.7. The third kappa shape index (κ3) is 4.47. The zero-order valence-corrected chi connectivity index (χ0v) is 16.2. The molecule has 0 aromatic carbocycles. The van der Waals surface area contributed by atoms with Gasteiger partial charge in [0.15, 0.2) is 11.8 Å². The maximum atomic E-state index is 4.68. The first kappa shape index (κ1) is 18.3.